The van der Waals surface area contributed by atoms with E-state index in [1.54, 1.807) is 13.1 Å². The standard InChI is InChI=1S/C16H17NO3/c1-10-4-6-13(7-5-10)9-17-8-11(2)12(3)14(15(17)18)16(19)20/h4-8H,9H2,1-3H3,(H,19,20). The van der Waals surface area contributed by atoms with Crippen molar-refractivity contribution >= 4 is 5.97 Å². The van der Waals surface area contributed by atoms with Crippen LogP contribution in [0.3, 0.4) is 0 Å². The number of aromatic nitrogens is 1. The van der Waals surface area contributed by atoms with Crippen molar-refractivity contribution in [2.75, 3.05) is 0 Å². The van der Waals surface area contributed by atoms with Crippen molar-refractivity contribution in [1.82, 2.24) is 4.57 Å². The van der Waals surface area contributed by atoms with Gasteiger partial charge in [0.25, 0.3) is 5.56 Å². The largest absolute Gasteiger partial charge is 0.477 e. The summed E-state index contributed by atoms with van der Waals surface area (Å²) < 4.78 is 1.45. The fourth-order valence-corrected chi connectivity index (χ4v) is 2.15. The highest BCUT2D eigenvalue weighted by Gasteiger charge is 2.16. The van der Waals surface area contributed by atoms with Crippen LogP contribution >= 0.6 is 0 Å². The number of hydrogen-bond donors (Lipinski definition) is 1. The van der Waals surface area contributed by atoms with E-state index in [1.807, 2.05) is 38.1 Å². The highest BCUT2D eigenvalue weighted by molar-refractivity contribution is 5.89. The molecule has 0 saturated heterocycles. The maximum absolute atomic E-state index is 12.2. The summed E-state index contributed by atoms with van der Waals surface area (Å²) in [5.41, 5.74) is 2.85. The maximum atomic E-state index is 12.2. The molecule has 4 heteroatoms. The van der Waals surface area contributed by atoms with Gasteiger partial charge in [-0.1, -0.05) is 29.8 Å². The van der Waals surface area contributed by atoms with Gasteiger partial charge in [-0.2, -0.15) is 0 Å². The first-order chi connectivity index (χ1) is 9.40. The lowest BCUT2D eigenvalue weighted by atomic mass is 10.1. The fourth-order valence-electron chi connectivity index (χ4n) is 2.15. The van der Waals surface area contributed by atoms with Crippen LogP contribution in [0.25, 0.3) is 0 Å². The number of nitrogens with zero attached hydrogens (tertiary/aromatic N) is 1. The smallest absolute Gasteiger partial charge is 0.341 e. The Balaban J connectivity index is 2.50. The summed E-state index contributed by atoms with van der Waals surface area (Å²) in [6, 6.07) is 7.83. The van der Waals surface area contributed by atoms with Gasteiger partial charge in [-0.05, 0) is 37.5 Å². The van der Waals surface area contributed by atoms with Crippen LogP contribution < -0.4 is 5.56 Å². The van der Waals surface area contributed by atoms with Crippen LogP contribution in [0, 0.1) is 20.8 Å². The number of carbonyl (C=O) groups is 1. The molecule has 4 nitrogen and oxygen atoms in total. The number of rotatable bonds is 3. The van der Waals surface area contributed by atoms with Crippen molar-refractivity contribution < 1.29 is 9.90 Å². The number of pyridine rings is 1. The van der Waals surface area contributed by atoms with E-state index in [0.29, 0.717) is 12.1 Å². The van der Waals surface area contributed by atoms with Gasteiger partial charge in [0.2, 0.25) is 0 Å². The quantitative estimate of drug-likeness (QED) is 0.933. The summed E-state index contributed by atoms with van der Waals surface area (Å²) in [5, 5.41) is 9.18. The van der Waals surface area contributed by atoms with E-state index in [0.717, 1.165) is 16.7 Å². The third-order valence-corrected chi connectivity index (χ3v) is 3.48. The van der Waals surface area contributed by atoms with E-state index < -0.39 is 11.5 Å². The zero-order valence-electron chi connectivity index (χ0n) is 11.8. The first kappa shape index (κ1) is 14.1. The number of aryl methyl sites for hydroxylation is 2. The summed E-state index contributed by atoms with van der Waals surface area (Å²) in [5.74, 6) is -1.17. The zero-order chi connectivity index (χ0) is 14.9. The summed E-state index contributed by atoms with van der Waals surface area (Å²) in [4.78, 5) is 23.5. The van der Waals surface area contributed by atoms with Gasteiger partial charge in [0.1, 0.15) is 5.56 Å². The fraction of sp³-hybridized carbons (Fsp3) is 0.250. The van der Waals surface area contributed by atoms with Gasteiger partial charge >= 0.3 is 5.97 Å². The van der Waals surface area contributed by atoms with Gasteiger partial charge < -0.3 is 9.67 Å². The van der Waals surface area contributed by atoms with Crippen LogP contribution in [0.5, 0.6) is 0 Å². The molecule has 0 bridgehead atoms. The van der Waals surface area contributed by atoms with Gasteiger partial charge in [-0.3, -0.25) is 4.79 Å². The van der Waals surface area contributed by atoms with Crippen LogP contribution in [-0.4, -0.2) is 15.6 Å². The van der Waals surface area contributed by atoms with Crippen LogP contribution in [0.15, 0.2) is 35.3 Å². The van der Waals surface area contributed by atoms with E-state index in [4.69, 9.17) is 0 Å². The minimum atomic E-state index is -1.17. The minimum Gasteiger partial charge on any atom is -0.477 e. The van der Waals surface area contributed by atoms with E-state index >= 15 is 0 Å². The van der Waals surface area contributed by atoms with Gasteiger partial charge in [-0.15, -0.1) is 0 Å². The van der Waals surface area contributed by atoms with Crippen molar-refractivity contribution in [1.29, 1.82) is 0 Å². The van der Waals surface area contributed by atoms with Gasteiger partial charge in [-0.25, -0.2) is 4.79 Å². The molecule has 0 aliphatic rings. The van der Waals surface area contributed by atoms with E-state index in [-0.39, 0.29) is 5.56 Å². The zero-order valence-corrected chi connectivity index (χ0v) is 11.8. The molecule has 1 N–H and O–H groups in total. The van der Waals surface area contributed by atoms with Crippen LogP contribution in [0.1, 0.15) is 32.6 Å². The maximum Gasteiger partial charge on any atom is 0.341 e. The Morgan fingerprint density at radius 1 is 1.15 bits per heavy atom. The molecule has 0 fully saturated rings. The Morgan fingerprint density at radius 3 is 2.30 bits per heavy atom. The van der Waals surface area contributed by atoms with Crippen LogP contribution in [-0.2, 0) is 6.54 Å². The van der Waals surface area contributed by atoms with Crippen LogP contribution in [0.2, 0.25) is 0 Å². The van der Waals surface area contributed by atoms with Crippen molar-refractivity contribution in [3.8, 4) is 0 Å². The summed E-state index contributed by atoms with van der Waals surface area (Å²) in [6.07, 6.45) is 1.71. The molecular formula is C16H17NO3. The van der Waals surface area contributed by atoms with Crippen LogP contribution in [0.4, 0.5) is 0 Å². The Hall–Kier alpha value is -2.36. The topological polar surface area (TPSA) is 59.3 Å². The molecule has 1 heterocycles. The molecule has 1 aromatic carbocycles. The van der Waals surface area contributed by atoms with E-state index in [9.17, 15) is 14.7 Å². The van der Waals surface area contributed by atoms with Crippen molar-refractivity contribution in [3.05, 3.63) is 68.6 Å². The normalized spacial score (nSPS) is 10.6. The molecule has 0 atom stereocenters. The predicted octanol–water partition coefficient (Wildman–Crippen LogP) is 2.52. The molecule has 2 aromatic rings. The highest BCUT2D eigenvalue weighted by atomic mass is 16.4. The average Bonchev–Trinajstić information content (AvgIpc) is 2.38. The lowest BCUT2D eigenvalue weighted by molar-refractivity contribution is 0.0693. The number of carboxylic acid groups (broad SMARTS) is 1. The number of benzene rings is 1. The Morgan fingerprint density at radius 2 is 1.75 bits per heavy atom. The van der Waals surface area contributed by atoms with Gasteiger partial charge in [0.05, 0.1) is 6.54 Å². The molecular weight excluding hydrogens is 254 g/mol. The first-order valence-corrected chi connectivity index (χ1v) is 6.39. The Labute approximate surface area is 117 Å². The number of aromatic carboxylic acids is 1. The second-order valence-corrected chi connectivity index (χ2v) is 5.04. The van der Waals surface area contributed by atoms with Gasteiger partial charge in [0, 0.05) is 6.20 Å². The third-order valence-electron chi connectivity index (χ3n) is 3.48. The molecule has 0 spiro atoms. The summed E-state index contributed by atoms with van der Waals surface area (Å²) in [6.45, 7) is 5.85. The Bertz CT molecular complexity index is 712. The number of hydrogen-bond acceptors (Lipinski definition) is 2. The molecule has 0 aliphatic carbocycles. The molecule has 0 saturated carbocycles. The SMILES string of the molecule is Cc1ccc(Cn2cc(C)c(C)c(C(=O)O)c2=O)cc1. The van der Waals surface area contributed by atoms with Gasteiger partial charge in [0.15, 0.2) is 0 Å². The highest BCUT2D eigenvalue weighted by Crippen LogP contribution is 2.11. The van der Waals surface area contributed by atoms with E-state index in [1.165, 1.54) is 4.57 Å². The second-order valence-electron chi connectivity index (χ2n) is 5.04. The lowest BCUT2D eigenvalue weighted by Gasteiger charge is -2.11. The number of carboxylic acids is 1. The summed E-state index contributed by atoms with van der Waals surface area (Å²) in [7, 11) is 0. The molecule has 0 radical (unpaired) electrons. The molecule has 0 unspecified atom stereocenters. The van der Waals surface area contributed by atoms with Crippen molar-refractivity contribution in [2.24, 2.45) is 0 Å². The lowest BCUT2D eigenvalue weighted by Crippen LogP contribution is -2.28. The summed E-state index contributed by atoms with van der Waals surface area (Å²) >= 11 is 0. The minimum absolute atomic E-state index is 0.142. The molecule has 0 amide bonds. The van der Waals surface area contributed by atoms with E-state index in [2.05, 4.69) is 0 Å². The molecule has 1 aromatic heterocycles. The predicted molar refractivity (Wildman–Crippen MR) is 77.4 cm³/mol. The first-order valence-electron chi connectivity index (χ1n) is 6.39. The average molecular weight is 271 g/mol. The monoisotopic (exact) mass is 271 g/mol. The Kier molecular flexibility index (Phi) is 3.74. The van der Waals surface area contributed by atoms with Crippen molar-refractivity contribution in [3.63, 3.8) is 0 Å². The third kappa shape index (κ3) is 2.64. The second kappa shape index (κ2) is 5.33. The molecule has 0 aliphatic heterocycles. The molecule has 2 rings (SSSR count). The molecule has 20 heavy (non-hydrogen) atoms. The van der Waals surface area contributed by atoms with Crippen molar-refractivity contribution in [2.45, 2.75) is 27.3 Å². The molecule has 104 valence electrons.